The molecule has 0 aromatic heterocycles. The number of benzene rings is 2. The number of amides is 1. The predicted octanol–water partition coefficient (Wildman–Crippen LogP) is 3.58. The Kier molecular flexibility index (Phi) is 4.32. The quantitative estimate of drug-likeness (QED) is 0.840. The van der Waals surface area contributed by atoms with Crippen LogP contribution in [-0.4, -0.2) is 36.7 Å². The van der Waals surface area contributed by atoms with Crippen molar-refractivity contribution in [1.29, 1.82) is 0 Å². The Morgan fingerprint density at radius 3 is 2.40 bits per heavy atom. The Labute approximate surface area is 147 Å². The molecule has 2 aromatic carbocycles. The van der Waals surface area contributed by atoms with E-state index in [4.69, 9.17) is 10.5 Å². The first-order valence-electron chi connectivity index (χ1n) is 8.84. The summed E-state index contributed by atoms with van der Waals surface area (Å²) < 4.78 is 5.73. The van der Waals surface area contributed by atoms with Gasteiger partial charge < -0.3 is 10.5 Å². The summed E-state index contributed by atoms with van der Waals surface area (Å²) >= 11 is 0. The molecule has 3 fully saturated rings. The molecule has 0 aliphatic carbocycles. The van der Waals surface area contributed by atoms with Crippen molar-refractivity contribution in [2.45, 2.75) is 18.9 Å². The summed E-state index contributed by atoms with van der Waals surface area (Å²) in [7, 11) is 0. The SMILES string of the molecule is Nc1ccccc1-c1ccccc1NC(=O)OC1CN2CCC1CC2. The molecular weight excluding hydrogens is 314 g/mol. The first kappa shape index (κ1) is 16.0. The number of hydrogen-bond acceptors (Lipinski definition) is 4. The lowest BCUT2D eigenvalue weighted by molar-refractivity contribution is -0.0289. The van der Waals surface area contributed by atoms with Crippen LogP contribution in [0.2, 0.25) is 0 Å². The molecule has 1 unspecified atom stereocenters. The molecule has 1 amide bonds. The van der Waals surface area contributed by atoms with Gasteiger partial charge in [-0.2, -0.15) is 0 Å². The number of nitrogen functional groups attached to an aromatic ring is 1. The van der Waals surface area contributed by atoms with E-state index in [1.165, 1.54) is 0 Å². The highest BCUT2D eigenvalue weighted by atomic mass is 16.6. The molecule has 1 atom stereocenters. The summed E-state index contributed by atoms with van der Waals surface area (Å²) in [6.07, 6.45) is 1.85. The van der Waals surface area contributed by atoms with Crippen molar-refractivity contribution in [3.05, 3.63) is 48.5 Å². The fourth-order valence-corrected chi connectivity index (χ4v) is 3.89. The van der Waals surface area contributed by atoms with Crippen molar-refractivity contribution in [1.82, 2.24) is 4.90 Å². The van der Waals surface area contributed by atoms with Gasteiger partial charge >= 0.3 is 6.09 Å². The Morgan fingerprint density at radius 1 is 1.04 bits per heavy atom. The lowest BCUT2D eigenvalue weighted by Crippen LogP contribution is -2.52. The van der Waals surface area contributed by atoms with Gasteiger partial charge in [0, 0.05) is 23.4 Å². The van der Waals surface area contributed by atoms with Gasteiger partial charge in [0.05, 0.1) is 5.69 Å². The van der Waals surface area contributed by atoms with Crippen LogP contribution in [0.25, 0.3) is 11.1 Å². The maximum atomic E-state index is 12.4. The molecule has 0 spiro atoms. The first-order valence-corrected chi connectivity index (χ1v) is 8.84. The molecule has 3 aliphatic rings. The van der Waals surface area contributed by atoms with E-state index < -0.39 is 0 Å². The zero-order chi connectivity index (χ0) is 17.2. The van der Waals surface area contributed by atoms with Crippen molar-refractivity contribution in [2.75, 3.05) is 30.7 Å². The second-order valence-corrected chi connectivity index (χ2v) is 6.84. The monoisotopic (exact) mass is 337 g/mol. The van der Waals surface area contributed by atoms with Crippen LogP contribution in [-0.2, 0) is 4.74 Å². The summed E-state index contributed by atoms with van der Waals surface area (Å²) in [5.41, 5.74) is 9.29. The minimum absolute atomic E-state index is 0.00328. The third-order valence-corrected chi connectivity index (χ3v) is 5.27. The molecule has 2 aromatic rings. The second kappa shape index (κ2) is 6.76. The number of anilines is 2. The van der Waals surface area contributed by atoms with Gasteiger partial charge in [-0.05, 0) is 44.0 Å². The summed E-state index contributed by atoms with van der Waals surface area (Å²) in [5.74, 6) is 0.496. The molecule has 2 bridgehead atoms. The first-order chi connectivity index (χ1) is 12.2. The molecular formula is C20H23N3O2. The summed E-state index contributed by atoms with van der Waals surface area (Å²) in [5, 5.41) is 2.91. The highest BCUT2D eigenvalue weighted by molar-refractivity contribution is 5.93. The van der Waals surface area contributed by atoms with E-state index in [-0.39, 0.29) is 12.2 Å². The molecule has 5 heteroatoms. The van der Waals surface area contributed by atoms with Crippen LogP contribution < -0.4 is 11.1 Å². The van der Waals surface area contributed by atoms with Crippen molar-refractivity contribution in [3.63, 3.8) is 0 Å². The van der Waals surface area contributed by atoms with E-state index in [9.17, 15) is 4.79 Å². The van der Waals surface area contributed by atoms with Gasteiger partial charge in [-0.3, -0.25) is 10.2 Å². The minimum Gasteiger partial charge on any atom is -0.444 e. The second-order valence-electron chi connectivity index (χ2n) is 6.84. The van der Waals surface area contributed by atoms with Gasteiger partial charge in [0.25, 0.3) is 0 Å². The number of nitrogens with two attached hydrogens (primary N) is 1. The number of ether oxygens (including phenoxy) is 1. The maximum Gasteiger partial charge on any atom is 0.411 e. The van der Waals surface area contributed by atoms with E-state index in [0.717, 1.165) is 43.6 Å². The lowest BCUT2D eigenvalue weighted by atomic mass is 9.86. The highest BCUT2D eigenvalue weighted by Gasteiger charge is 2.36. The van der Waals surface area contributed by atoms with Gasteiger partial charge in [-0.25, -0.2) is 4.79 Å². The van der Waals surface area contributed by atoms with Crippen molar-refractivity contribution >= 4 is 17.5 Å². The zero-order valence-corrected chi connectivity index (χ0v) is 14.2. The predicted molar refractivity (Wildman–Crippen MR) is 99.3 cm³/mol. The number of piperidine rings is 3. The summed E-state index contributed by atoms with van der Waals surface area (Å²) in [6, 6.07) is 15.3. The maximum absolute atomic E-state index is 12.4. The number of fused-ring (bicyclic) bond motifs is 3. The van der Waals surface area contributed by atoms with Gasteiger partial charge in [0.15, 0.2) is 0 Å². The van der Waals surface area contributed by atoms with Crippen molar-refractivity contribution in [3.8, 4) is 11.1 Å². The molecule has 3 heterocycles. The minimum atomic E-state index is -0.388. The summed E-state index contributed by atoms with van der Waals surface area (Å²) in [6.45, 7) is 3.11. The van der Waals surface area contributed by atoms with E-state index in [0.29, 0.717) is 17.3 Å². The third kappa shape index (κ3) is 3.33. The number of hydrogen-bond donors (Lipinski definition) is 2. The van der Waals surface area contributed by atoms with E-state index in [2.05, 4.69) is 10.2 Å². The topological polar surface area (TPSA) is 67.6 Å². The molecule has 5 rings (SSSR count). The number of carbonyl (C=O) groups excluding carboxylic acids is 1. The number of para-hydroxylation sites is 2. The van der Waals surface area contributed by atoms with E-state index >= 15 is 0 Å². The number of nitrogens with one attached hydrogen (secondary N) is 1. The normalized spacial score (nSPS) is 24.7. The molecule has 3 aliphatic heterocycles. The van der Waals surface area contributed by atoms with Gasteiger partial charge in [-0.15, -0.1) is 0 Å². The molecule has 3 saturated heterocycles. The van der Waals surface area contributed by atoms with Crippen LogP contribution in [0.1, 0.15) is 12.8 Å². The van der Waals surface area contributed by atoms with Crippen molar-refractivity contribution < 1.29 is 9.53 Å². The largest absolute Gasteiger partial charge is 0.444 e. The Balaban J connectivity index is 1.49. The van der Waals surface area contributed by atoms with Gasteiger partial charge in [-0.1, -0.05) is 36.4 Å². The van der Waals surface area contributed by atoms with E-state index in [1.54, 1.807) is 0 Å². The summed E-state index contributed by atoms with van der Waals surface area (Å²) in [4.78, 5) is 14.8. The van der Waals surface area contributed by atoms with Crippen LogP contribution in [0.5, 0.6) is 0 Å². The van der Waals surface area contributed by atoms with Crippen LogP contribution in [0, 0.1) is 5.92 Å². The molecule has 3 N–H and O–H groups in total. The Morgan fingerprint density at radius 2 is 1.72 bits per heavy atom. The van der Waals surface area contributed by atoms with Gasteiger partial charge in [0.2, 0.25) is 0 Å². The highest BCUT2D eigenvalue weighted by Crippen LogP contribution is 2.33. The third-order valence-electron chi connectivity index (χ3n) is 5.27. The van der Waals surface area contributed by atoms with Crippen LogP contribution in [0.4, 0.5) is 16.2 Å². The fraction of sp³-hybridized carbons (Fsp3) is 0.350. The Hall–Kier alpha value is -2.53. The molecule has 25 heavy (non-hydrogen) atoms. The number of nitrogens with zero attached hydrogens (tertiary/aromatic N) is 1. The lowest BCUT2D eigenvalue weighted by Gasteiger charge is -2.43. The van der Waals surface area contributed by atoms with Gasteiger partial charge in [0.1, 0.15) is 6.10 Å². The number of carbonyl (C=O) groups is 1. The van der Waals surface area contributed by atoms with E-state index in [1.807, 2.05) is 48.5 Å². The average Bonchev–Trinajstić information content (AvgIpc) is 2.64. The van der Waals surface area contributed by atoms with Crippen molar-refractivity contribution in [2.24, 2.45) is 5.92 Å². The number of rotatable bonds is 3. The smallest absolute Gasteiger partial charge is 0.411 e. The average molecular weight is 337 g/mol. The zero-order valence-electron chi connectivity index (χ0n) is 14.2. The molecule has 0 saturated carbocycles. The van der Waals surface area contributed by atoms with Crippen LogP contribution in [0.15, 0.2) is 48.5 Å². The van der Waals surface area contributed by atoms with Crippen LogP contribution in [0.3, 0.4) is 0 Å². The molecule has 5 nitrogen and oxygen atoms in total. The molecule has 130 valence electrons. The Bertz CT molecular complexity index is 769. The fourth-order valence-electron chi connectivity index (χ4n) is 3.89. The van der Waals surface area contributed by atoms with Crippen LogP contribution >= 0.6 is 0 Å². The standard InChI is InChI=1S/C20H23N3O2/c21-17-7-3-1-5-15(17)16-6-2-4-8-18(16)22-20(24)25-19-13-23-11-9-14(19)10-12-23/h1-8,14,19H,9-13,21H2,(H,22,24). The molecule has 0 radical (unpaired) electrons.